The van der Waals surface area contributed by atoms with Crippen LogP contribution in [-0.4, -0.2) is 140 Å². The maximum atomic E-state index is 14.7. The predicted octanol–water partition coefficient (Wildman–Crippen LogP) is 4.71. The summed E-state index contributed by atoms with van der Waals surface area (Å²) in [6.07, 6.45) is 1.62. The molecule has 16 heteroatoms. The number of aromatic nitrogens is 4. The molecular formula is C43H66N6O10. The molecule has 3 fully saturated rings. The number of unbranched alkanes of at least 4 members (excludes halogenated alkanes) is 2. The monoisotopic (exact) mass is 826 g/mol. The third kappa shape index (κ3) is 9.88. The van der Waals surface area contributed by atoms with Crippen molar-refractivity contribution in [1.82, 2.24) is 29.8 Å². The molecule has 4 unspecified atom stereocenters. The summed E-state index contributed by atoms with van der Waals surface area (Å²) in [5, 5.41) is 19.9. The molecule has 3 saturated heterocycles. The minimum Gasteiger partial charge on any atom is -0.458 e. The van der Waals surface area contributed by atoms with E-state index < -0.39 is 83.4 Å². The summed E-state index contributed by atoms with van der Waals surface area (Å²) in [5.74, 6) is -4.96. The first-order valence-electron chi connectivity index (χ1n) is 21.2. The molecule has 1 amide bonds. The molecule has 3 aliphatic heterocycles. The van der Waals surface area contributed by atoms with Gasteiger partial charge >= 0.3 is 12.1 Å². The van der Waals surface area contributed by atoms with Crippen molar-refractivity contribution in [3.05, 3.63) is 30.6 Å². The van der Waals surface area contributed by atoms with Crippen LogP contribution in [0.1, 0.15) is 93.9 Å². The molecule has 5 heterocycles. The van der Waals surface area contributed by atoms with Gasteiger partial charge in [0.05, 0.1) is 35.7 Å². The van der Waals surface area contributed by atoms with Crippen molar-refractivity contribution in [3.8, 4) is 11.4 Å². The number of aliphatic hydroxyl groups excluding tert-OH is 1. The van der Waals surface area contributed by atoms with Gasteiger partial charge in [-0.3, -0.25) is 24.0 Å². The van der Waals surface area contributed by atoms with E-state index in [1.807, 2.05) is 64.2 Å². The number of aryl methyl sites for hydroxylation is 1. The number of pyridine rings is 1. The number of methoxy groups -OCH3 is 1. The number of hydrogen-bond donors (Lipinski definition) is 1. The van der Waals surface area contributed by atoms with E-state index in [1.54, 1.807) is 43.5 Å². The molecule has 328 valence electrons. The van der Waals surface area contributed by atoms with Gasteiger partial charge in [0.2, 0.25) is 0 Å². The van der Waals surface area contributed by atoms with Crippen LogP contribution in [0.4, 0.5) is 4.79 Å². The number of likely N-dealkylation sites (N-methyl/N-ethyl adjacent to an activating group) is 1. The van der Waals surface area contributed by atoms with Crippen molar-refractivity contribution >= 4 is 23.6 Å². The molecule has 16 nitrogen and oxygen atoms in total. The fourth-order valence-electron chi connectivity index (χ4n) is 9.48. The van der Waals surface area contributed by atoms with E-state index in [9.17, 15) is 24.3 Å². The summed E-state index contributed by atoms with van der Waals surface area (Å²) in [6.45, 7) is 14.9. The summed E-state index contributed by atoms with van der Waals surface area (Å²) >= 11 is 0. The van der Waals surface area contributed by atoms with Crippen LogP contribution in [0.3, 0.4) is 0 Å². The van der Waals surface area contributed by atoms with E-state index in [1.165, 1.54) is 14.0 Å². The molecule has 3 aliphatic rings. The van der Waals surface area contributed by atoms with E-state index in [-0.39, 0.29) is 30.8 Å². The lowest BCUT2D eigenvalue weighted by molar-refractivity contribution is -0.295. The number of fused-ring (bicyclic) bond motifs is 1. The summed E-state index contributed by atoms with van der Waals surface area (Å²) in [4.78, 5) is 64.7. The summed E-state index contributed by atoms with van der Waals surface area (Å²) < 4.78 is 33.0. The third-order valence-corrected chi connectivity index (χ3v) is 12.9. The van der Waals surface area contributed by atoms with E-state index >= 15 is 0 Å². The standard InChI is InChI=1S/C43H66N6O10/c1-12-33-43(8)37(49(41(54)59-43)21-17-13-16-20-48-24-31(45-46-48)30-18-14-15-19-44-30)27(4)34(50)25(2)23-42(7,55-11)38(28(5)35(51)29(6)39(53)57-33)58-40-36(52)32(47(9)10)22-26(3)56-40/h14-15,18-19,24-29,32-33,36-38,40,52H,12-13,16-17,20-23H2,1-11H3/t25-,26?,27+,28+,29-,32?,33-,36?,37-,38-,40?,42+,43-/m1/s1. The number of nitrogens with zero attached hydrogens (tertiary/aromatic N) is 6. The van der Waals surface area contributed by atoms with Crippen LogP contribution >= 0.6 is 0 Å². The van der Waals surface area contributed by atoms with E-state index in [4.69, 9.17) is 23.7 Å². The quantitative estimate of drug-likeness (QED) is 0.176. The number of cyclic esters (lactones) is 1. The first-order chi connectivity index (χ1) is 27.9. The number of amides is 1. The molecule has 0 spiro atoms. The molecule has 0 aromatic carbocycles. The van der Waals surface area contributed by atoms with Gasteiger partial charge in [0.25, 0.3) is 0 Å². The number of Topliss-reactive ketones (excluding diaryl/α,β-unsaturated/α-hetero) is 2. The predicted molar refractivity (Wildman–Crippen MR) is 217 cm³/mol. The topological polar surface area (TPSA) is 185 Å². The van der Waals surface area contributed by atoms with E-state index in [0.29, 0.717) is 31.6 Å². The first kappa shape index (κ1) is 46.2. The Morgan fingerprint density at radius 1 is 0.966 bits per heavy atom. The second kappa shape index (κ2) is 19.3. The Hall–Kier alpha value is -3.83. The second-order valence-electron chi connectivity index (χ2n) is 17.5. The Morgan fingerprint density at radius 2 is 1.68 bits per heavy atom. The minimum atomic E-state index is -1.40. The van der Waals surface area contributed by atoms with Crippen molar-refractivity contribution < 1.29 is 48.0 Å². The summed E-state index contributed by atoms with van der Waals surface area (Å²) in [7, 11) is 5.24. The van der Waals surface area contributed by atoms with Gasteiger partial charge in [0.15, 0.2) is 17.7 Å². The molecule has 2 aromatic rings. The first-order valence-corrected chi connectivity index (χ1v) is 21.2. The van der Waals surface area contributed by atoms with Crippen LogP contribution in [-0.2, 0) is 44.6 Å². The van der Waals surface area contributed by atoms with Crippen LogP contribution in [0.25, 0.3) is 11.4 Å². The molecule has 5 rings (SSSR count). The third-order valence-electron chi connectivity index (χ3n) is 12.9. The van der Waals surface area contributed by atoms with Crippen molar-refractivity contribution in [2.45, 2.75) is 154 Å². The Morgan fingerprint density at radius 3 is 2.32 bits per heavy atom. The average molecular weight is 827 g/mol. The van der Waals surface area contributed by atoms with E-state index in [0.717, 1.165) is 18.5 Å². The van der Waals surface area contributed by atoms with Gasteiger partial charge < -0.3 is 38.6 Å². The lowest BCUT2D eigenvalue weighted by atomic mass is 9.73. The zero-order chi connectivity index (χ0) is 43.4. The van der Waals surface area contributed by atoms with Crippen molar-refractivity contribution in [2.75, 3.05) is 27.7 Å². The average Bonchev–Trinajstić information content (AvgIpc) is 3.79. The van der Waals surface area contributed by atoms with Gasteiger partial charge in [-0.15, -0.1) is 5.10 Å². The molecule has 59 heavy (non-hydrogen) atoms. The van der Waals surface area contributed by atoms with Crippen molar-refractivity contribution in [3.63, 3.8) is 0 Å². The largest absolute Gasteiger partial charge is 0.458 e. The normalized spacial score (nSPS) is 36.3. The van der Waals surface area contributed by atoms with E-state index in [2.05, 4.69) is 15.3 Å². The Balaban J connectivity index is 1.40. The highest BCUT2D eigenvalue weighted by Gasteiger charge is 2.60. The highest BCUT2D eigenvalue weighted by atomic mass is 16.7. The zero-order valence-corrected chi connectivity index (χ0v) is 36.7. The van der Waals surface area contributed by atoms with Gasteiger partial charge in [0.1, 0.15) is 29.6 Å². The Labute approximate surface area is 348 Å². The molecule has 0 bridgehead atoms. The number of esters is 1. The fraction of sp³-hybridized carbons (Fsp3) is 0.744. The lowest BCUT2D eigenvalue weighted by Gasteiger charge is -2.47. The number of ketones is 2. The smallest absolute Gasteiger partial charge is 0.410 e. The van der Waals surface area contributed by atoms with Crippen LogP contribution in [0, 0.1) is 23.7 Å². The number of aliphatic hydroxyl groups is 1. The minimum absolute atomic E-state index is 0.128. The number of hydrogen-bond acceptors (Lipinski definition) is 14. The molecule has 0 saturated carbocycles. The number of carbonyl (C=O) groups excluding carboxylic acids is 4. The molecule has 13 atom stereocenters. The molecule has 0 aliphatic carbocycles. The number of rotatable bonds is 12. The van der Waals surface area contributed by atoms with Crippen LogP contribution < -0.4 is 0 Å². The van der Waals surface area contributed by atoms with Gasteiger partial charge in [-0.05, 0) is 92.4 Å². The molecule has 0 radical (unpaired) electrons. The fourth-order valence-corrected chi connectivity index (χ4v) is 9.48. The SMILES string of the molecule is CC[C@H]1OC(=O)[C@H](C)C(=O)[C@H](C)[C@@H](OC2OC(C)CC(N(C)C)C2O)[C@@](C)(OC)C[C@@H](C)C(=O)[C@H](C)[C@H]2N(CCCCCn3cc(-c4ccccn4)nn3)C(=O)O[C@]12C. The zero-order valence-electron chi connectivity index (χ0n) is 36.7. The number of ether oxygens (including phenoxy) is 5. The van der Waals surface area contributed by atoms with Gasteiger partial charge in [-0.2, -0.15) is 0 Å². The molecule has 2 aromatic heterocycles. The Bertz CT molecular complexity index is 1760. The van der Waals surface area contributed by atoms with Gasteiger partial charge in [-0.1, -0.05) is 39.0 Å². The highest BCUT2D eigenvalue weighted by molar-refractivity contribution is 6.00. The maximum absolute atomic E-state index is 14.7. The van der Waals surface area contributed by atoms with Gasteiger partial charge in [0, 0.05) is 50.2 Å². The van der Waals surface area contributed by atoms with Crippen LogP contribution in [0.5, 0.6) is 0 Å². The van der Waals surface area contributed by atoms with Crippen LogP contribution in [0.2, 0.25) is 0 Å². The molecular weight excluding hydrogens is 761 g/mol. The number of carbonyl (C=O) groups is 4. The van der Waals surface area contributed by atoms with Gasteiger partial charge in [-0.25, -0.2) is 4.79 Å². The summed E-state index contributed by atoms with van der Waals surface area (Å²) in [6, 6.07) is 4.55. The molecule has 1 N–H and O–H groups in total. The highest BCUT2D eigenvalue weighted by Crippen LogP contribution is 2.43. The Kier molecular flexibility index (Phi) is 15.1. The van der Waals surface area contributed by atoms with Crippen LogP contribution in [0.15, 0.2) is 30.6 Å². The lowest BCUT2D eigenvalue weighted by Crippen LogP contribution is -2.60. The summed E-state index contributed by atoms with van der Waals surface area (Å²) in [5.41, 5.74) is -1.25. The second-order valence-corrected chi connectivity index (χ2v) is 17.5. The van der Waals surface area contributed by atoms with Crippen molar-refractivity contribution in [2.24, 2.45) is 23.7 Å². The van der Waals surface area contributed by atoms with Crippen molar-refractivity contribution in [1.29, 1.82) is 0 Å². The maximum Gasteiger partial charge on any atom is 0.410 e.